The Hall–Kier alpha value is -3.91. The van der Waals surface area contributed by atoms with Crippen LogP contribution < -0.4 is 18.9 Å². The number of amides is 1. The first-order chi connectivity index (χ1) is 23.4. The van der Waals surface area contributed by atoms with Crippen molar-refractivity contribution in [2.75, 3.05) is 44.9 Å². The topological polar surface area (TPSA) is 127 Å². The number of nitrogens with zero attached hydrogens (tertiary/aromatic N) is 2. The van der Waals surface area contributed by atoms with Gasteiger partial charge in [-0.2, -0.15) is 0 Å². The summed E-state index contributed by atoms with van der Waals surface area (Å²) in [4.78, 5) is 18.0. The van der Waals surface area contributed by atoms with Gasteiger partial charge in [0.2, 0.25) is 6.79 Å². The van der Waals surface area contributed by atoms with Crippen LogP contribution in [0.2, 0.25) is 0 Å². The van der Waals surface area contributed by atoms with E-state index in [1.54, 1.807) is 17.9 Å². The van der Waals surface area contributed by atoms with Crippen molar-refractivity contribution in [1.29, 1.82) is 0 Å². The van der Waals surface area contributed by atoms with Crippen LogP contribution in [0.25, 0.3) is 0 Å². The second-order valence-corrected chi connectivity index (χ2v) is 14.6. The largest absolute Gasteiger partial charge is 0.490 e. The monoisotopic (exact) mass is 699 g/mol. The molecule has 0 aromatic heterocycles. The van der Waals surface area contributed by atoms with Crippen molar-refractivity contribution in [3.05, 3.63) is 77.6 Å². The van der Waals surface area contributed by atoms with Gasteiger partial charge in [0, 0.05) is 37.8 Å². The molecule has 3 aromatic rings. The minimum Gasteiger partial charge on any atom is -0.490 e. The number of carbonyl (C=O) groups excluding carboxylic acids is 1. The summed E-state index contributed by atoms with van der Waals surface area (Å²) in [6.07, 6.45) is 1.93. The summed E-state index contributed by atoms with van der Waals surface area (Å²) in [6, 6.07) is 14.4. The minimum atomic E-state index is -4.08. The number of sulfonamides is 1. The number of rotatable bonds is 9. The number of benzene rings is 3. The molecule has 49 heavy (non-hydrogen) atoms. The molecule has 5 rings (SSSR count). The maximum Gasteiger partial charge on any atom is 0.261 e. The van der Waals surface area contributed by atoms with Crippen molar-refractivity contribution in [3.8, 4) is 17.2 Å². The van der Waals surface area contributed by atoms with Crippen molar-refractivity contribution in [3.63, 3.8) is 0 Å². The van der Waals surface area contributed by atoms with Gasteiger partial charge in [-0.05, 0) is 100 Å². The Kier molecular flexibility index (Phi) is 12.0. The van der Waals surface area contributed by atoms with E-state index in [0.29, 0.717) is 25.4 Å². The van der Waals surface area contributed by atoms with E-state index >= 15 is 0 Å². The second-order valence-electron chi connectivity index (χ2n) is 13.0. The summed E-state index contributed by atoms with van der Waals surface area (Å²) >= 11 is 0. The molecule has 13 heteroatoms. The lowest BCUT2D eigenvalue weighted by Gasteiger charge is -2.36. The molecule has 11 nitrogen and oxygen atoms in total. The highest BCUT2D eigenvalue weighted by Crippen LogP contribution is 2.33. The first-order valence-electron chi connectivity index (χ1n) is 16.6. The Morgan fingerprint density at radius 3 is 2.51 bits per heavy atom. The van der Waals surface area contributed by atoms with Crippen LogP contribution in [-0.2, 0) is 21.3 Å². The van der Waals surface area contributed by atoms with Crippen LogP contribution in [0, 0.1) is 11.7 Å². The molecule has 2 N–H and O–H groups in total. The minimum absolute atomic E-state index is 0.121. The highest BCUT2D eigenvalue weighted by atomic mass is 32.2. The Morgan fingerprint density at radius 1 is 1.02 bits per heavy atom. The molecule has 2 aliphatic rings. The van der Waals surface area contributed by atoms with E-state index in [1.807, 2.05) is 39.1 Å². The first-order valence-corrected chi connectivity index (χ1v) is 18.1. The summed E-state index contributed by atoms with van der Waals surface area (Å²) in [5, 5.41) is 10.2. The van der Waals surface area contributed by atoms with Gasteiger partial charge in [-0.1, -0.05) is 13.0 Å². The lowest BCUT2D eigenvalue weighted by atomic mass is 10.0. The van der Waals surface area contributed by atoms with Crippen LogP contribution in [0.1, 0.15) is 56.0 Å². The van der Waals surface area contributed by atoms with Crippen molar-refractivity contribution < 1.29 is 41.7 Å². The van der Waals surface area contributed by atoms with Crippen LogP contribution in [-0.4, -0.2) is 87.6 Å². The molecule has 0 radical (unpaired) electrons. The number of likely N-dealkylation sites (N-methyl/N-ethyl adjacent to an activating group) is 1. The lowest BCUT2D eigenvalue weighted by molar-refractivity contribution is -0.0177. The van der Waals surface area contributed by atoms with Gasteiger partial charge in [0.1, 0.15) is 11.6 Å². The van der Waals surface area contributed by atoms with Gasteiger partial charge in [0.15, 0.2) is 11.5 Å². The number of ether oxygens (including phenoxy) is 4. The molecule has 2 aliphatic heterocycles. The molecule has 4 atom stereocenters. The molecule has 0 unspecified atom stereocenters. The highest BCUT2D eigenvalue weighted by Gasteiger charge is 2.31. The van der Waals surface area contributed by atoms with Gasteiger partial charge in [-0.15, -0.1) is 0 Å². The molecule has 2 heterocycles. The molecular formula is C36H46FN3O8S. The van der Waals surface area contributed by atoms with Crippen molar-refractivity contribution in [2.45, 2.75) is 69.7 Å². The number of nitrogens with one attached hydrogen (secondary N) is 1. The number of aliphatic hydroxyl groups is 1. The zero-order valence-electron chi connectivity index (χ0n) is 28.4. The van der Waals surface area contributed by atoms with E-state index in [4.69, 9.17) is 18.9 Å². The lowest BCUT2D eigenvalue weighted by Crippen LogP contribution is -2.47. The number of anilines is 1. The fourth-order valence-corrected chi connectivity index (χ4v) is 7.05. The van der Waals surface area contributed by atoms with E-state index in [-0.39, 0.29) is 54.2 Å². The van der Waals surface area contributed by atoms with Gasteiger partial charge in [-0.3, -0.25) is 14.4 Å². The predicted molar refractivity (Wildman–Crippen MR) is 183 cm³/mol. The molecule has 0 saturated carbocycles. The molecule has 3 aromatic carbocycles. The van der Waals surface area contributed by atoms with Crippen LogP contribution in [0.5, 0.6) is 17.2 Å². The summed E-state index contributed by atoms with van der Waals surface area (Å²) < 4.78 is 65.9. The van der Waals surface area contributed by atoms with Crippen LogP contribution >= 0.6 is 0 Å². The van der Waals surface area contributed by atoms with Crippen molar-refractivity contribution in [1.82, 2.24) is 9.80 Å². The van der Waals surface area contributed by atoms with Crippen molar-refractivity contribution in [2.24, 2.45) is 5.92 Å². The maximum absolute atomic E-state index is 14.4. The average molecular weight is 700 g/mol. The third-order valence-corrected chi connectivity index (χ3v) is 10.2. The molecular weight excluding hydrogens is 653 g/mol. The number of fused-ring (bicyclic) bond motifs is 2. The molecule has 0 bridgehead atoms. The Morgan fingerprint density at radius 2 is 1.76 bits per heavy atom. The molecule has 0 saturated heterocycles. The van der Waals surface area contributed by atoms with E-state index in [0.717, 1.165) is 48.5 Å². The second kappa shape index (κ2) is 16.2. The number of hydrogen-bond acceptors (Lipinski definition) is 9. The summed E-state index contributed by atoms with van der Waals surface area (Å²) in [5.74, 6) is 0.671. The summed E-state index contributed by atoms with van der Waals surface area (Å²) in [7, 11) is -2.06. The Bertz CT molecular complexity index is 1690. The fraction of sp³-hybridized carbons (Fsp3) is 0.472. The molecule has 1 amide bonds. The quantitative estimate of drug-likeness (QED) is 0.307. The highest BCUT2D eigenvalue weighted by molar-refractivity contribution is 7.92. The fourth-order valence-electron chi connectivity index (χ4n) is 6.00. The number of hydrogen-bond donors (Lipinski definition) is 2. The third kappa shape index (κ3) is 9.41. The van der Waals surface area contributed by atoms with E-state index in [2.05, 4.69) is 9.62 Å². The molecule has 266 valence electrons. The Labute approximate surface area is 288 Å². The Balaban J connectivity index is 1.40. The average Bonchev–Trinajstić information content (AvgIpc) is 3.54. The number of aliphatic hydroxyl groups excluding tert-OH is 1. The maximum atomic E-state index is 14.4. The normalized spacial score (nSPS) is 21.1. The van der Waals surface area contributed by atoms with E-state index in [9.17, 15) is 22.7 Å². The predicted octanol–water partition coefficient (Wildman–Crippen LogP) is 5.28. The van der Waals surface area contributed by atoms with E-state index < -0.39 is 27.8 Å². The van der Waals surface area contributed by atoms with E-state index in [1.165, 1.54) is 24.3 Å². The van der Waals surface area contributed by atoms with Gasteiger partial charge in [0.25, 0.3) is 15.9 Å². The molecule has 0 spiro atoms. The van der Waals surface area contributed by atoms with Crippen LogP contribution in [0.4, 0.5) is 10.1 Å². The SMILES string of the molecule is C[C@@H]1CCCCO[C@H](CN(C)Cc2ccc3c(c2)OCO3)[C@H](C)CN([C@H](C)CO)C(=O)c2cc(NS(=O)(=O)c3ccc(F)cc3)ccc2O1. The standard InChI is InChI=1S/C36H46FN3O8S/c1-24-19-40(25(2)22-41)36(42)31-18-29(38-49(43,44)30-12-9-28(37)10-13-30)11-15-32(31)48-26(3)7-5-6-16-45-35(24)21-39(4)20-27-8-14-33-34(17-27)47-23-46-33/h8-15,17-18,24-26,35,38,41H,5-7,16,19-23H2,1-4H3/t24-,25-,26-,35-/m1/s1. The van der Waals surface area contributed by atoms with Gasteiger partial charge in [-0.25, -0.2) is 12.8 Å². The first kappa shape index (κ1) is 36.4. The smallest absolute Gasteiger partial charge is 0.261 e. The third-order valence-electron chi connectivity index (χ3n) is 8.81. The van der Waals surface area contributed by atoms with Crippen LogP contribution in [0.15, 0.2) is 65.6 Å². The van der Waals surface area contributed by atoms with Crippen molar-refractivity contribution >= 4 is 21.6 Å². The zero-order valence-corrected chi connectivity index (χ0v) is 29.2. The molecule has 0 aliphatic carbocycles. The molecule has 0 fully saturated rings. The van der Waals surface area contributed by atoms with Gasteiger partial charge in [0.05, 0.1) is 35.3 Å². The van der Waals surface area contributed by atoms with Gasteiger partial charge >= 0.3 is 0 Å². The van der Waals surface area contributed by atoms with Gasteiger partial charge < -0.3 is 29.0 Å². The number of carbonyl (C=O) groups is 1. The number of halogens is 1. The zero-order chi connectivity index (χ0) is 35.1. The van der Waals surface area contributed by atoms with Crippen LogP contribution in [0.3, 0.4) is 0 Å². The summed E-state index contributed by atoms with van der Waals surface area (Å²) in [5.41, 5.74) is 1.38. The summed E-state index contributed by atoms with van der Waals surface area (Å²) in [6.45, 7) is 7.72.